The summed E-state index contributed by atoms with van der Waals surface area (Å²) in [7, 11) is 3.14. The minimum atomic E-state index is -0.399. The maximum absolute atomic E-state index is 13.2. The molecule has 0 bridgehead atoms. The molecule has 2 atom stereocenters. The molecule has 2 amide bonds. The summed E-state index contributed by atoms with van der Waals surface area (Å²) in [5.41, 5.74) is 4.16. The third kappa shape index (κ3) is 3.47. The minimum Gasteiger partial charge on any atom is -0.497 e. The number of methoxy groups -OCH3 is 2. The van der Waals surface area contributed by atoms with E-state index in [1.165, 1.54) is 10.9 Å². The van der Waals surface area contributed by atoms with Gasteiger partial charge in [-0.2, -0.15) is 0 Å². The molecule has 2 aromatic carbocycles. The van der Waals surface area contributed by atoms with Crippen LogP contribution in [-0.2, 0) is 16.0 Å². The summed E-state index contributed by atoms with van der Waals surface area (Å²) in [5.74, 6) is 0.643. The number of rotatable bonds is 5. The number of aromatic amines is 1. The van der Waals surface area contributed by atoms with Gasteiger partial charge in [-0.1, -0.05) is 18.2 Å². The Hall–Kier alpha value is -3.48. The number of fused-ring (bicyclic) bond motifs is 3. The van der Waals surface area contributed by atoms with Crippen molar-refractivity contribution < 1.29 is 19.1 Å². The lowest BCUT2D eigenvalue weighted by Crippen LogP contribution is -2.37. The van der Waals surface area contributed by atoms with Crippen LogP contribution in [-0.4, -0.2) is 37.6 Å². The second-order valence-corrected chi connectivity index (χ2v) is 8.46. The van der Waals surface area contributed by atoms with Crippen LogP contribution in [0, 0.1) is 5.92 Å². The first-order valence-corrected chi connectivity index (χ1v) is 11.0. The molecule has 2 N–H and O–H groups in total. The van der Waals surface area contributed by atoms with Crippen LogP contribution in [0.1, 0.15) is 36.6 Å². The van der Waals surface area contributed by atoms with Crippen molar-refractivity contribution in [2.75, 3.05) is 25.7 Å². The van der Waals surface area contributed by atoms with E-state index < -0.39 is 5.92 Å². The van der Waals surface area contributed by atoms with Crippen LogP contribution in [0.3, 0.4) is 0 Å². The van der Waals surface area contributed by atoms with Crippen molar-refractivity contribution in [1.29, 1.82) is 0 Å². The summed E-state index contributed by atoms with van der Waals surface area (Å²) in [4.78, 5) is 31.1. The number of H-pyrrole nitrogens is 1. The molecule has 2 heterocycles. The second kappa shape index (κ2) is 8.22. The Morgan fingerprint density at radius 2 is 2.00 bits per heavy atom. The average molecular weight is 434 g/mol. The molecule has 1 aliphatic carbocycles. The van der Waals surface area contributed by atoms with E-state index in [2.05, 4.69) is 22.4 Å². The molecule has 0 radical (unpaired) electrons. The molecule has 1 fully saturated rings. The Morgan fingerprint density at radius 1 is 1.16 bits per heavy atom. The highest BCUT2D eigenvalue weighted by Gasteiger charge is 2.37. The molecule has 1 aromatic heterocycles. The lowest BCUT2D eigenvalue weighted by molar-refractivity contribution is -0.127. The molecule has 7 nitrogen and oxygen atoms in total. The fourth-order valence-corrected chi connectivity index (χ4v) is 4.97. The molecular formula is C25H27N3O4. The Morgan fingerprint density at radius 3 is 2.81 bits per heavy atom. The predicted octanol–water partition coefficient (Wildman–Crippen LogP) is 3.73. The molecule has 5 rings (SSSR count). The standard InChI is InChI=1S/C25H27N3O4/c1-31-16-10-11-21(22(13-16)32-2)28-14-15(12-23(28)29)25(30)27-20-9-5-7-18-17-6-3-4-8-19(17)26-24(18)20/h3-4,6,8,10-11,13,15,20,26H,5,7,9,12,14H2,1-2H3,(H,27,30)/t15-,20-/m1/s1. The number of anilines is 1. The minimum absolute atomic E-state index is 0.0571. The lowest BCUT2D eigenvalue weighted by atomic mass is 9.91. The monoisotopic (exact) mass is 433 g/mol. The fourth-order valence-electron chi connectivity index (χ4n) is 4.97. The van der Waals surface area contributed by atoms with Gasteiger partial charge in [0.25, 0.3) is 0 Å². The van der Waals surface area contributed by atoms with Crippen LogP contribution >= 0.6 is 0 Å². The molecule has 0 unspecified atom stereocenters. The summed E-state index contributed by atoms with van der Waals surface area (Å²) in [5, 5.41) is 4.45. The molecule has 32 heavy (non-hydrogen) atoms. The van der Waals surface area contributed by atoms with Gasteiger partial charge in [-0.05, 0) is 43.0 Å². The number of carbonyl (C=O) groups is 2. The summed E-state index contributed by atoms with van der Waals surface area (Å²) < 4.78 is 10.7. The van der Waals surface area contributed by atoms with E-state index in [1.54, 1.807) is 37.3 Å². The predicted molar refractivity (Wildman–Crippen MR) is 122 cm³/mol. The van der Waals surface area contributed by atoms with Crippen molar-refractivity contribution in [2.45, 2.75) is 31.7 Å². The number of para-hydroxylation sites is 1. The van der Waals surface area contributed by atoms with Crippen molar-refractivity contribution in [2.24, 2.45) is 5.92 Å². The van der Waals surface area contributed by atoms with Crippen molar-refractivity contribution in [3.8, 4) is 11.5 Å². The van der Waals surface area contributed by atoms with Gasteiger partial charge in [0.2, 0.25) is 11.8 Å². The Bertz CT molecular complexity index is 1190. The number of hydrogen-bond donors (Lipinski definition) is 2. The molecular weight excluding hydrogens is 406 g/mol. The highest BCUT2D eigenvalue weighted by molar-refractivity contribution is 6.01. The number of amides is 2. The van der Waals surface area contributed by atoms with Gasteiger partial charge in [-0.25, -0.2) is 0 Å². The Labute approximate surface area is 186 Å². The average Bonchev–Trinajstić information content (AvgIpc) is 3.40. The third-order valence-electron chi connectivity index (χ3n) is 6.60. The van der Waals surface area contributed by atoms with Crippen LogP contribution in [0.15, 0.2) is 42.5 Å². The first-order chi connectivity index (χ1) is 15.6. The third-order valence-corrected chi connectivity index (χ3v) is 6.60. The summed E-state index contributed by atoms with van der Waals surface area (Å²) in [6, 6.07) is 13.5. The van der Waals surface area contributed by atoms with Crippen molar-refractivity contribution in [3.05, 3.63) is 53.7 Å². The molecule has 166 valence electrons. The maximum atomic E-state index is 13.2. The van der Waals surface area contributed by atoms with Crippen molar-refractivity contribution >= 4 is 28.4 Å². The number of carbonyl (C=O) groups excluding carboxylic acids is 2. The van der Waals surface area contributed by atoms with Crippen LogP contribution in [0.5, 0.6) is 11.5 Å². The Balaban J connectivity index is 1.33. The van der Waals surface area contributed by atoms with Crippen LogP contribution in [0.25, 0.3) is 10.9 Å². The van der Waals surface area contributed by atoms with E-state index in [0.29, 0.717) is 23.7 Å². The van der Waals surface area contributed by atoms with Crippen LogP contribution in [0.4, 0.5) is 5.69 Å². The SMILES string of the molecule is COc1ccc(N2C[C@H](C(=O)N[C@@H]3CCCc4c3[nH]c3ccccc43)CC2=O)c(OC)c1. The highest BCUT2D eigenvalue weighted by atomic mass is 16.5. The van der Waals surface area contributed by atoms with Gasteiger partial charge in [0.05, 0.1) is 31.9 Å². The number of aryl methyl sites for hydroxylation is 1. The van der Waals surface area contributed by atoms with Gasteiger partial charge in [-0.3, -0.25) is 9.59 Å². The molecule has 2 aliphatic rings. The van der Waals surface area contributed by atoms with Gasteiger partial charge in [0.1, 0.15) is 11.5 Å². The first-order valence-electron chi connectivity index (χ1n) is 11.0. The van der Waals surface area contributed by atoms with E-state index >= 15 is 0 Å². The van der Waals surface area contributed by atoms with E-state index in [9.17, 15) is 9.59 Å². The van der Waals surface area contributed by atoms with Gasteiger partial charge < -0.3 is 24.7 Å². The number of benzene rings is 2. The van der Waals surface area contributed by atoms with E-state index in [1.807, 2.05) is 12.1 Å². The van der Waals surface area contributed by atoms with E-state index in [4.69, 9.17) is 9.47 Å². The van der Waals surface area contributed by atoms with Gasteiger partial charge in [0.15, 0.2) is 0 Å². The summed E-state index contributed by atoms with van der Waals surface area (Å²) in [6.45, 7) is 0.333. The fraction of sp³-hybridized carbons (Fsp3) is 0.360. The zero-order valence-electron chi connectivity index (χ0n) is 18.3. The molecule has 0 saturated carbocycles. The molecule has 0 spiro atoms. The zero-order chi connectivity index (χ0) is 22.2. The summed E-state index contributed by atoms with van der Waals surface area (Å²) >= 11 is 0. The van der Waals surface area contributed by atoms with E-state index in [-0.39, 0.29) is 24.3 Å². The van der Waals surface area contributed by atoms with Crippen molar-refractivity contribution in [1.82, 2.24) is 10.3 Å². The summed E-state index contributed by atoms with van der Waals surface area (Å²) in [6.07, 6.45) is 3.12. The van der Waals surface area contributed by atoms with E-state index in [0.717, 1.165) is 30.5 Å². The quantitative estimate of drug-likeness (QED) is 0.642. The van der Waals surface area contributed by atoms with Gasteiger partial charge in [0, 0.05) is 35.6 Å². The number of hydrogen-bond acceptors (Lipinski definition) is 4. The number of nitrogens with one attached hydrogen (secondary N) is 2. The largest absolute Gasteiger partial charge is 0.497 e. The number of ether oxygens (including phenoxy) is 2. The maximum Gasteiger partial charge on any atom is 0.227 e. The number of aromatic nitrogens is 1. The first kappa shape index (κ1) is 20.4. The molecule has 1 saturated heterocycles. The smallest absolute Gasteiger partial charge is 0.227 e. The van der Waals surface area contributed by atoms with Crippen LogP contribution < -0.4 is 19.7 Å². The lowest BCUT2D eigenvalue weighted by Gasteiger charge is -2.25. The molecule has 7 heteroatoms. The van der Waals surface area contributed by atoms with Crippen LogP contribution in [0.2, 0.25) is 0 Å². The molecule has 1 aliphatic heterocycles. The second-order valence-electron chi connectivity index (χ2n) is 8.46. The zero-order valence-corrected chi connectivity index (χ0v) is 18.3. The normalized spacial score (nSPS) is 20.3. The Kier molecular flexibility index (Phi) is 5.25. The van der Waals surface area contributed by atoms with Gasteiger partial charge >= 0.3 is 0 Å². The molecule has 3 aromatic rings. The highest BCUT2D eigenvalue weighted by Crippen LogP contribution is 2.37. The number of nitrogens with zero attached hydrogens (tertiary/aromatic N) is 1. The topological polar surface area (TPSA) is 83.7 Å². The van der Waals surface area contributed by atoms with Crippen molar-refractivity contribution in [3.63, 3.8) is 0 Å². The van der Waals surface area contributed by atoms with Gasteiger partial charge in [-0.15, -0.1) is 0 Å².